The van der Waals surface area contributed by atoms with Crippen LogP contribution in [-0.2, 0) is 18.0 Å². The predicted molar refractivity (Wildman–Crippen MR) is 172 cm³/mol. The molecule has 0 radical (unpaired) electrons. The van der Waals surface area contributed by atoms with Crippen molar-refractivity contribution in [3.8, 4) is 12.3 Å². The molecular weight excluding hydrogens is 555 g/mol. The standard InChI is InChI=1S/C29H55N3O5Si3/c1-17-29(20-34-38(11,12)26(2,3)4)23(37-40(15,16)28(8,9)10)22(36-39(13,14)27(5,6)7)24(35-29)32-19-18-21(30)31-25(32)33/h1,18-19,22-24H,20H2,2-16H3,(H2,30,31,33)/t22-,23+,24-,29-/m1/s1. The van der Waals surface area contributed by atoms with Gasteiger partial charge in [0.25, 0.3) is 0 Å². The van der Waals surface area contributed by atoms with Crippen molar-refractivity contribution in [3.05, 3.63) is 22.7 Å². The monoisotopic (exact) mass is 609 g/mol. The number of nitrogen functional groups attached to an aromatic ring is 1. The van der Waals surface area contributed by atoms with Crippen LogP contribution in [0.2, 0.25) is 54.4 Å². The topological polar surface area (TPSA) is 97.8 Å². The van der Waals surface area contributed by atoms with Crippen molar-refractivity contribution in [2.45, 2.75) is 141 Å². The van der Waals surface area contributed by atoms with E-state index in [1.807, 2.05) is 0 Å². The van der Waals surface area contributed by atoms with Gasteiger partial charge in [-0.05, 0) is 60.5 Å². The van der Waals surface area contributed by atoms with Gasteiger partial charge in [-0.2, -0.15) is 4.98 Å². The highest BCUT2D eigenvalue weighted by molar-refractivity contribution is 6.75. The van der Waals surface area contributed by atoms with Gasteiger partial charge < -0.3 is 23.7 Å². The summed E-state index contributed by atoms with van der Waals surface area (Å²) in [5.74, 6) is 3.10. The van der Waals surface area contributed by atoms with Crippen molar-refractivity contribution in [1.82, 2.24) is 9.55 Å². The minimum Gasteiger partial charge on any atom is -0.413 e. The van der Waals surface area contributed by atoms with Gasteiger partial charge in [0, 0.05) is 6.20 Å². The number of aromatic nitrogens is 2. The van der Waals surface area contributed by atoms with Crippen LogP contribution in [0.25, 0.3) is 0 Å². The summed E-state index contributed by atoms with van der Waals surface area (Å²) in [5, 5.41) is -0.249. The lowest BCUT2D eigenvalue weighted by Gasteiger charge is -2.46. The quantitative estimate of drug-likeness (QED) is 0.264. The number of terminal acetylenes is 1. The molecule has 2 N–H and O–H groups in total. The van der Waals surface area contributed by atoms with Crippen LogP contribution in [0, 0.1) is 12.3 Å². The Hall–Kier alpha value is -1.27. The molecule has 11 heteroatoms. The summed E-state index contributed by atoms with van der Waals surface area (Å²) in [5.41, 5.74) is 4.02. The lowest BCUT2D eigenvalue weighted by molar-refractivity contribution is -0.0890. The number of anilines is 1. The van der Waals surface area contributed by atoms with Gasteiger partial charge in [0.1, 0.15) is 18.0 Å². The highest BCUT2D eigenvalue weighted by Crippen LogP contribution is 2.49. The fourth-order valence-corrected chi connectivity index (χ4v) is 7.27. The number of rotatable bonds is 8. The lowest BCUT2D eigenvalue weighted by Crippen LogP contribution is -2.58. The maximum absolute atomic E-state index is 13.2. The molecule has 1 fully saturated rings. The molecule has 1 saturated heterocycles. The Labute approximate surface area is 246 Å². The van der Waals surface area contributed by atoms with Gasteiger partial charge >= 0.3 is 5.69 Å². The minimum atomic E-state index is -2.41. The number of hydrogen-bond donors (Lipinski definition) is 1. The van der Waals surface area contributed by atoms with Gasteiger partial charge in [0.2, 0.25) is 0 Å². The van der Waals surface area contributed by atoms with Crippen LogP contribution in [0.15, 0.2) is 17.1 Å². The zero-order valence-electron chi connectivity index (χ0n) is 27.7. The van der Waals surface area contributed by atoms with Crippen LogP contribution in [-0.4, -0.2) is 58.9 Å². The van der Waals surface area contributed by atoms with E-state index in [1.165, 1.54) is 4.57 Å². The molecule has 1 aliphatic rings. The summed E-state index contributed by atoms with van der Waals surface area (Å²) >= 11 is 0. The van der Waals surface area contributed by atoms with Crippen LogP contribution in [0.1, 0.15) is 68.5 Å². The Morgan fingerprint density at radius 3 is 1.85 bits per heavy atom. The van der Waals surface area contributed by atoms with Crippen LogP contribution in [0.4, 0.5) is 5.82 Å². The molecule has 2 rings (SSSR count). The van der Waals surface area contributed by atoms with Gasteiger partial charge in [-0.15, -0.1) is 6.42 Å². The molecule has 4 atom stereocenters. The molecule has 0 unspecified atom stereocenters. The van der Waals surface area contributed by atoms with Crippen molar-refractivity contribution < 1.29 is 18.0 Å². The first-order chi connectivity index (χ1) is 17.7. The van der Waals surface area contributed by atoms with Crippen LogP contribution >= 0.6 is 0 Å². The predicted octanol–water partition coefficient (Wildman–Crippen LogP) is 6.53. The lowest BCUT2D eigenvalue weighted by atomic mass is 9.97. The van der Waals surface area contributed by atoms with Gasteiger partial charge in [-0.25, -0.2) is 4.79 Å². The summed E-state index contributed by atoms with van der Waals surface area (Å²) in [7, 11) is -7.04. The highest BCUT2D eigenvalue weighted by atomic mass is 28.4. The van der Waals surface area contributed by atoms with Crippen molar-refractivity contribution in [3.63, 3.8) is 0 Å². The average Bonchev–Trinajstić information content (AvgIpc) is 3.02. The highest BCUT2D eigenvalue weighted by Gasteiger charge is 2.61. The molecule has 0 aliphatic carbocycles. The van der Waals surface area contributed by atoms with Crippen molar-refractivity contribution in [1.29, 1.82) is 0 Å². The number of ether oxygens (including phenoxy) is 1. The molecule has 0 bridgehead atoms. The van der Waals surface area contributed by atoms with E-state index in [9.17, 15) is 4.79 Å². The Bertz CT molecular complexity index is 1160. The third-order valence-corrected chi connectivity index (χ3v) is 23.1. The molecule has 0 spiro atoms. The third kappa shape index (κ3) is 7.02. The summed E-state index contributed by atoms with van der Waals surface area (Å²) in [6.45, 7) is 32.9. The number of nitrogens with two attached hydrogens (primary N) is 1. The first-order valence-corrected chi connectivity index (χ1v) is 22.9. The van der Waals surface area contributed by atoms with Gasteiger partial charge in [0.05, 0.1) is 6.61 Å². The summed E-state index contributed by atoms with van der Waals surface area (Å²) in [6, 6.07) is 1.58. The van der Waals surface area contributed by atoms with E-state index in [4.69, 9.17) is 30.2 Å². The van der Waals surface area contributed by atoms with Crippen molar-refractivity contribution in [2.24, 2.45) is 0 Å². The first kappa shape index (κ1) is 34.9. The van der Waals surface area contributed by atoms with E-state index in [2.05, 4.69) is 113 Å². The van der Waals surface area contributed by atoms with Crippen molar-refractivity contribution >= 4 is 30.8 Å². The van der Waals surface area contributed by atoms with Gasteiger partial charge in [-0.1, -0.05) is 68.2 Å². The molecule has 8 nitrogen and oxygen atoms in total. The van der Waals surface area contributed by atoms with E-state index in [-0.39, 0.29) is 27.5 Å². The fourth-order valence-electron chi connectivity index (χ4n) is 3.67. The second-order valence-corrected chi connectivity index (χ2v) is 30.1. The van der Waals surface area contributed by atoms with E-state index < -0.39 is 54.7 Å². The fraction of sp³-hybridized carbons (Fsp3) is 0.793. The Morgan fingerprint density at radius 2 is 1.43 bits per heavy atom. The second-order valence-electron chi connectivity index (χ2n) is 15.8. The molecule has 2 heterocycles. The summed E-state index contributed by atoms with van der Waals surface area (Å²) in [4.78, 5) is 17.2. The maximum atomic E-state index is 13.2. The molecule has 1 aromatic heterocycles. The zero-order valence-corrected chi connectivity index (χ0v) is 30.7. The normalized spacial score (nSPS) is 25.2. The van der Waals surface area contributed by atoms with E-state index in [0.717, 1.165) is 0 Å². The van der Waals surface area contributed by atoms with Crippen molar-refractivity contribution in [2.75, 3.05) is 12.3 Å². The Balaban J connectivity index is 2.81. The van der Waals surface area contributed by atoms with Crippen LogP contribution in [0.3, 0.4) is 0 Å². The smallest absolute Gasteiger partial charge is 0.351 e. The number of nitrogens with zero attached hydrogens (tertiary/aromatic N) is 2. The number of hydrogen-bond acceptors (Lipinski definition) is 7. The third-order valence-electron chi connectivity index (χ3n) is 9.66. The maximum Gasteiger partial charge on any atom is 0.351 e. The molecule has 1 aromatic rings. The summed E-state index contributed by atoms with van der Waals surface area (Å²) < 4.78 is 29.2. The minimum absolute atomic E-state index is 0.0363. The van der Waals surface area contributed by atoms with E-state index in [1.54, 1.807) is 12.3 Å². The molecule has 0 amide bonds. The average molecular weight is 610 g/mol. The largest absolute Gasteiger partial charge is 0.413 e. The zero-order chi connectivity index (χ0) is 31.3. The molecule has 40 heavy (non-hydrogen) atoms. The van der Waals surface area contributed by atoms with Crippen LogP contribution < -0.4 is 11.4 Å². The van der Waals surface area contributed by atoms with E-state index >= 15 is 0 Å². The molecular formula is C29H55N3O5Si3. The van der Waals surface area contributed by atoms with Gasteiger partial charge in [0.15, 0.2) is 36.8 Å². The summed E-state index contributed by atoms with van der Waals surface area (Å²) in [6.07, 6.45) is 5.75. The van der Waals surface area contributed by atoms with Crippen LogP contribution in [0.5, 0.6) is 0 Å². The molecule has 228 valence electrons. The molecule has 0 saturated carbocycles. The Kier molecular flexibility index (Phi) is 9.69. The SMILES string of the molecule is C#C[C@]1(CO[Si](C)(C)C(C)(C)C)O[C@@H](n2ccc(N)nc2=O)[C@H](O[Si](C)(C)C(C)(C)C)[C@@H]1O[Si](C)(C)C(C)(C)C. The second kappa shape index (κ2) is 11.1. The Morgan fingerprint density at radius 1 is 0.950 bits per heavy atom. The van der Waals surface area contributed by atoms with E-state index in [0.29, 0.717) is 0 Å². The molecule has 0 aromatic carbocycles. The van der Waals surface area contributed by atoms with Gasteiger partial charge in [-0.3, -0.25) is 4.57 Å². The first-order valence-electron chi connectivity index (χ1n) is 14.2. The molecule has 1 aliphatic heterocycles.